The van der Waals surface area contributed by atoms with Gasteiger partial charge in [0.1, 0.15) is 11.5 Å². The second-order valence-corrected chi connectivity index (χ2v) is 8.24. The van der Waals surface area contributed by atoms with Crippen LogP contribution in [0.1, 0.15) is 35.7 Å². The molecule has 6 nitrogen and oxygen atoms in total. The Morgan fingerprint density at radius 3 is 2.33 bits per heavy atom. The molecule has 0 saturated heterocycles. The van der Waals surface area contributed by atoms with Gasteiger partial charge in [-0.05, 0) is 76.1 Å². The molecule has 0 spiro atoms. The summed E-state index contributed by atoms with van der Waals surface area (Å²) in [6.45, 7) is 8.31. The monoisotopic (exact) mass is 446 g/mol. The van der Waals surface area contributed by atoms with Gasteiger partial charge in [0.2, 0.25) is 5.91 Å². The van der Waals surface area contributed by atoms with E-state index in [1.807, 2.05) is 56.6 Å². The number of carbonyl (C=O) groups is 1. The van der Waals surface area contributed by atoms with E-state index in [0.717, 1.165) is 33.5 Å². The smallest absolute Gasteiger partial charge is 0.255 e. The highest BCUT2D eigenvalue weighted by molar-refractivity contribution is 5.91. The molecule has 1 amide bonds. The maximum Gasteiger partial charge on any atom is 0.255 e. The first-order chi connectivity index (χ1) is 15.8. The number of rotatable bonds is 6. The third-order valence-corrected chi connectivity index (χ3v) is 5.95. The minimum atomic E-state index is -0.362. The number of anilines is 1. The highest BCUT2D eigenvalue weighted by Crippen LogP contribution is 2.26. The minimum absolute atomic E-state index is 0.106. The number of halogens is 1. The number of aromatic nitrogens is 3. The fraction of sp³-hybridized carbons (Fsp3) is 0.269. The summed E-state index contributed by atoms with van der Waals surface area (Å²) >= 11 is 0. The summed E-state index contributed by atoms with van der Waals surface area (Å²) in [7, 11) is 0. The molecule has 0 aliphatic carbocycles. The number of carbonyl (C=O) groups excluding carboxylic acids is 1. The molecule has 0 bridgehead atoms. The molecule has 2 heterocycles. The number of amides is 1. The van der Waals surface area contributed by atoms with E-state index in [0.29, 0.717) is 24.2 Å². The lowest BCUT2D eigenvalue weighted by atomic mass is 10.0. The molecule has 0 fully saturated rings. The molecular weight excluding hydrogens is 419 g/mol. The second kappa shape index (κ2) is 9.02. The highest BCUT2D eigenvalue weighted by Gasteiger charge is 2.21. The van der Waals surface area contributed by atoms with Crippen LogP contribution in [0.5, 0.6) is 0 Å². The molecule has 170 valence electrons. The first-order valence-electron chi connectivity index (χ1n) is 11.0. The van der Waals surface area contributed by atoms with E-state index in [2.05, 4.69) is 5.32 Å². The van der Waals surface area contributed by atoms with Gasteiger partial charge in [0.05, 0.1) is 11.4 Å². The molecule has 0 radical (unpaired) electrons. The molecule has 0 aliphatic heterocycles. The zero-order valence-corrected chi connectivity index (χ0v) is 19.3. The molecule has 7 heteroatoms. The van der Waals surface area contributed by atoms with Crippen LogP contribution in [0.3, 0.4) is 0 Å². The summed E-state index contributed by atoms with van der Waals surface area (Å²) in [6.07, 6.45) is 0.455. The maximum atomic E-state index is 13.4. The van der Waals surface area contributed by atoms with Gasteiger partial charge in [-0.2, -0.15) is 5.10 Å². The lowest BCUT2D eigenvalue weighted by Gasteiger charge is -2.14. The summed E-state index contributed by atoms with van der Waals surface area (Å²) in [5.74, 6) is -0.589. The van der Waals surface area contributed by atoms with Crippen molar-refractivity contribution < 1.29 is 9.18 Å². The van der Waals surface area contributed by atoms with Crippen LogP contribution in [0.15, 0.2) is 53.3 Å². The Labute approximate surface area is 191 Å². The average Bonchev–Trinajstić information content (AvgIpc) is 3.13. The molecule has 0 saturated carbocycles. The lowest BCUT2D eigenvalue weighted by molar-refractivity contribution is -0.116. The average molecular weight is 447 g/mol. The Balaban J connectivity index is 1.70. The third kappa shape index (κ3) is 4.31. The van der Waals surface area contributed by atoms with Crippen LogP contribution in [0.25, 0.3) is 16.7 Å². The topological polar surface area (TPSA) is 68.9 Å². The lowest BCUT2D eigenvalue weighted by Crippen LogP contribution is -2.27. The fourth-order valence-corrected chi connectivity index (χ4v) is 4.22. The van der Waals surface area contributed by atoms with Crippen molar-refractivity contribution in [2.75, 3.05) is 5.32 Å². The molecule has 2 aromatic carbocycles. The Hall–Kier alpha value is -3.74. The third-order valence-electron chi connectivity index (χ3n) is 5.95. The molecule has 0 atom stereocenters. The van der Waals surface area contributed by atoms with Crippen LogP contribution in [-0.4, -0.2) is 20.3 Å². The fourth-order valence-electron chi connectivity index (χ4n) is 4.22. The summed E-state index contributed by atoms with van der Waals surface area (Å²) in [6, 6.07) is 13.6. The first kappa shape index (κ1) is 22.5. The van der Waals surface area contributed by atoms with Gasteiger partial charge in [-0.1, -0.05) is 17.7 Å². The normalized spacial score (nSPS) is 11.2. The van der Waals surface area contributed by atoms with E-state index < -0.39 is 0 Å². The second-order valence-electron chi connectivity index (χ2n) is 8.24. The zero-order valence-electron chi connectivity index (χ0n) is 19.3. The van der Waals surface area contributed by atoms with Gasteiger partial charge in [-0.3, -0.25) is 14.2 Å². The van der Waals surface area contributed by atoms with Crippen LogP contribution in [0, 0.1) is 26.6 Å². The maximum absolute atomic E-state index is 13.4. The van der Waals surface area contributed by atoms with Crippen molar-refractivity contribution >= 4 is 22.6 Å². The van der Waals surface area contributed by atoms with Gasteiger partial charge >= 0.3 is 0 Å². The SMILES string of the molecule is CCn1c(=O)c(CCC(=O)Nc2ccc(F)cc2)c(C)c2c(C)nn(-c3ccc(C)cc3)c21. The van der Waals surface area contributed by atoms with Crippen LogP contribution < -0.4 is 10.9 Å². The van der Waals surface area contributed by atoms with Crippen molar-refractivity contribution in [1.82, 2.24) is 14.3 Å². The molecule has 0 unspecified atom stereocenters. The number of nitrogens with zero attached hydrogens (tertiary/aromatic N) is 3. The van der Waals surface area contributed by atoms with Crippen molar-refractivity contribution in [3.8, 4) is 5.69 Å². The molecule has 33 heavy (non-hydrogen) atoms. The van der Waals surface area contributed by atoms with Gasteiger partial charge in [-0.15, -0.1) is 0 Å². The standard InChI is InChI=1S/C26H27FN4O2/c1-5-30-25-24(18(4)29-31(25)21-12-6-16(2)7-13-21)17(3)22(26(30)33)14-15-23(32)28-20-10-8-19(27)9-11-20/h6-13H,5,14-15H2,1-4H3,(H,28,32). The Morgan fingerprint density at radius 2 is 1.70 bits per heavy atom. The first-order valence-corrected chi connectivity index (χ1v) is 11.0. The number of aryl methyl sites for hydroxylation is 4. The van der Waals surface area contributed by atoms with Gasteiger partial charge in [0.25, 0.3) is 5.56 Å². The van der Waals surface area contributed by atoms with Crippen molar-refractivity contribution in [1.29, 1.82) is 0 Å². The predicted octanol–water partition coefficient (Wildman–Crippen LogP) is 4.84. The highest BCUT2D eigenvalue weighted by atomic mass is 19.1. The molecule has 4 aromatic rings. The van der Waals surface area contributed by atoms with Crippen LogP contribution >= 0.6 is 0 Å². The number of nitrogens with one attached hydrogen (secondary N) is 1. The minimum Gasteiger partial charge on any atom is -0.326 e. The Bertz CT molecular complexity index is 1380. The predicted molar refractivity (Wildman–Crippen MR) is 129 cm³/mol. The molecule has 0 aliphatic rings. The molecule has 2 aromatic heterocycles. The summed E-state index contributed by atoms with van der Waals surface area (Å²) in [5.41, 5.74) is 5.53. The number of benzene rings is 2. The quantitative estimate of drug-likeness (QED) is 0.461. The van der Waals surface area contributed by atoms with Crippen LogP contribution in [0.2, 0.25) is 0 Å². The summed E-state index contributed by atoms with van der Waals surface area (Å²) in [4.78, 5) is 25.9. The van der Waals surface area contributed by atoms with Crippen molar-refractivity contribution in [3.05, 3.63) is 87.1 Å². The van der Waals surface area contributed by atoms with E-state index in [-0.39, 0.29) is 23.7 Å². The van der Waals surface area contributed by atoms with Gasteiger partial charge < -0.3 is 5.32 Å². The van der Waals surface area contributed by atoms with E-state index in [1.165, 1.54) is 24.3 Å². The zero-order chi connectivity index (χ0) is 23.7. The Morgan fingerprint density at radius 1 is 1.03 bits per heavy atom. The van der Waals surface area contributed by atoms with Crippen LogP contribution in [0.4, 0.5) is 10.1 Å². The molecule has 4 rings (SSSR count). The summed E-state index contributed by atoms with van der Waals surface area (Å²) < 4.78 is 16.6. The van der Waals surface area contributed by atoms with E-state index in [1.54, 1.807) is 4.57 Å². The van der Waals surface area contributed by atoms with E-state index >= 15 is 0 Å². The summed E-state index contributed by atoms with van der Waals surface area (Å²) in [5, 5.41) is 8.44. The van der Waals surface area contributed by atoms with Crippen LogP contribution in [-0.2, 0) is 17.8 Å². The molecule has 1 N–H and O–H groups in total. The number of hydrogen-bond donors (Lipinski definition) is 1. The number of hydrogen-bond acceptors (Lipinski definition) is 3. The van der Waals surface area contributed by atoms with E-state index in [4.69, 9.17) is 5.10 Å². The molecular formula is C26H27FN4O2. The van der Waals surface area contributed by atoms with Crippen molar-refractivity contribution in [2.45, 2.75) is 47.1 Å². The van der Waals surface area contributed by atoms with Crippen molar-refractivity contribution in [2.24, 2.45) is 0 Å². The van der Waals surface area contributed by atoms with Gasteiger partial charge in [-0.25, -0.2) is 9.07 Å². The Kier molecular flexibility index (Phi) is 6.14. The number of pyridine rings is 1. The van der Waals surface area contributed by atoms with Crippen molar-refractivity contribution in [3.63, 3.8) is 0 Å². The largest absolute Gasteiger partial charge is 0.326 e. The number of fused-ring (bicyclic) bond motifs is 1. The van der Waals surface area contributed by atoms with E-state index in [9.17, 15) is 14.0 Å². The van der Waals surface area contributed by atoms with Gasteiger partial charge in [0.15, 0.2) is 0 Å². The van der Waals surface area contributed by atoms with Gasteiger partial charge in [0, 0.05) is 29.6 Å².